The maximum absolute atomic E-state index is 12.6. The van der Waals surface area contributed by atoms with Crippen LogP contribution in [0.25, 0.3) is 5.69 Å². The van der Waals surface area contributed by atoms with Crippen LogP contribution in [0.1, 0.15) is 12.6 Å². The van der Waals surface area contributed by atoms with Gasteiger partial charge in [0.15, 0.2) is 5.71 Å². The number of non-ortho nitro benzene ring substituents is 1. The average molecular weight is 912 g/mol. The van der Waals surface area contributed by atoms with Crippen LogP contribution >= 0.6 is 0 Å². The van der Waals surface area contributed by atoms with E-state index in [1.54, 1.807) is 0 Å². The maximum atomic E-state index is 12.6. The summed E-state index contributed by atoms with van der Waals surface area (Å²) in [6.45, 7) is 2.97. The summed E-state index contributed by atoms with van der Waals surface area (Å²) in [5.41, 5.74) is -0.756. The van der Waals surface area contributed by atoms with Gasteiger partial charge in [0.25, 0.3) is 5.69 Å². The Kier molecular flexibility index (Phi) is 15.8. The second kappa shape index (κ2) is 19.5. The van der Waals surface area contributed by atoms with Crippen LogP contribution in [0.5, 0.6) is 11.6 Å². The number of hydrazone groups is 1. The van der Waals surface area contributed by atoms with Gasteiger partial charge in [-0.2, -0.15) is 20.3 Å². The second-order valence-corrected chi connectivity index (χ2v) is 14.7. The Morgan fingerprint density at radius 3 is 1.92 bits per heavy atom. The third kappa shape index (κ3) is 11.2. The van der Waals surface area contributed by atoms with Gasteiger partial charge in [-0.25, -0.2) is 31.8 Å². The van der Waals surface area contributed by atoms with E-state index in [9.17, 15) is 57.2 Å². The normalized spacial score (nSPS) is 15.3. The van der Waals surface area contributed by atoms with Crippen molar-refractivity contribution in [3.05, 3.63) is 117 Å². The summed E-state index contributed by atoms with van der Waals surface area (Å²) < 4.78 is 46.2. The van der Waals surface area contributed by atoms with Gasteiger partial charge in [-0.05, 0) is 80.6 Å². The number of anilines is 1. The average Bonchev–Trinajstić information content (AvgIpc) is 3.61. The van der Waals surface area contributed by atoms with Gasteiger partial charge in [-0.1, -0.05) is 11.8 Å². The molecule has 0 unspecified atom stereocenters. The minimum Gasteiger partial charge on any atom is -0.871 e. The maximum Gasteiger partial charge on any atom is 3.00 e. The molecule has 1 aromatic heterocycles. The number of sulfonamides is 2. The first-order chi connectivity index (χ1) is 27.1. The number of aromatic nitrogens is 2. The van der Waals surface area contributed by atoms with Crippen molar-refractivity contribution >= 4 is 71.6 Å². The van der Waals surface area contributed by atoms with E-state index in [0.29, 0.717) is 0 Å². The fourth-order valence-electron chi connectivity index (χ4n) is 4.73. The predicted molar refractivity (Wildman–Crippen MR) is 200 cm³/mol. The number of azo groups is 1. The number of amides is 1. The number of hydroxylamine groups is 2. The van der Waals surface area contributed by atoms with E-state index in [1.807, 2.05) is 0 Å². The summed E-state index contributed by atoms with van der Waals surface area (Å²) in [6, 6.07) is 13.2. The molecule has 0 fully saturated rings. The van der Waals surface area contributed by atoms with Crippen LogP contribution < -0.4 is 55.1 Å². The first-order valence-electron chi connectivity index (χ1n) is 15.7. The number of ketones is 1. The minimum absolute atomic E-state index is 0. The molecule has 0 bridgehead atoms. The zero-order valence-electron chi connectivity index (χ0n) is 30.8. The number of aryl methyl sites for hydroxylation is 1. The molecule has 60 heavy (non-hydrogen) atoms. The number of allylic oxidation sites excluding steroid dienone is 3. The van der Waals surface area contributed by atoms with Gasteiger partial charge in [0.2, 0.25) is 25.8 Å². The predicted octanol–water partition coefficient (Wildman–Crippen LogP) is -1.53. The Morgan fingerprint density at radius 1 is 0.817 bits per heavy atom. The van der Waals surface area contributed by atoms with E-state index in [1.165, 1.54) is 62.4 Å². The minimum atomic E-state index is -3.89. The van der Waals surface area contributed by atoms with E-state index >= 15 is 0 Å². The van der Waals surface area contributed by atoms with E-state index in [0.717, 1.165) is 46.1 Å². The number of carbonyl (C=O) groups excluding carboxylic acids is 2. The Balaban J connectivity index is 0.000000310. The van der Waals surface area contributed by atoms with Crippen LogP contribution in [-0.4, -0.2) is 65.6 Å². The molecule has 4 N–H and O–H groups in total. The number of carbonyl (C=O) groups is 2. The molecule has 0 atom stereocenters. The molecule has 0 saturated carbocycles. The van der Waals surface area contributed by atoms with Gasteiger partial charge in [-0.3, -0.25) is 19.7 Å². The number of nitrogens with zero attached hydrogens (tertiary/aromatic N) is 10. The van der Waals surface area contributed by atoms with Crippen molar-refractivity contribution in [2.24, 2.45) is 35.8 Å². The number of hydrogen-bond donors (Lipinski definition) is 2. The van der Waals surface area contributed by atoms with Gasteiger partial charge in [-0.15, -0.1) is 15.3 Å². The summed E-state index contributed by atoms with van der Waals surface area (Å²) in [6.07, 6.45) is 2.96. The fraction of sp³-hybridized carbons (Fsp3) is 0.0625. The summed E-state index contributed by atoms with van der Waals surface area (Å²) >= 11 is 0. The molecule has 305 valence electrons. The second-order valence-electron chi connectivity index (χ2n) is 11.6. The quantitative estimate of drug-likeness (QED) is 0.0633. The van der Waals surface area contributed by atoms with Crippen molar-refractivity contribution in [1.29, 1.82) is 0 Å². The summed E-state index contributed by atoms with van der Waals surface area (Å²) in [5.74, 6) is -2.55. The number of rotatable bonds is 9. The van der Waals surface area contributed by atoms with E-state index in [2.05, 4.69) is 30.6 Å². The monoisotopic (exact) mass is 911 g/mol. The molecule has 28 heteroatoms. The molecule has 1 aliphatic heterocycles. The molecule has 3 aromatic carbocycles. The van der Waals surface area contributed by atoms with Gasteiger partial charge in [0, 0.05) is 23.7 Å². The van der Waals surface area contributed by atoms with Crippen molar-refractivity contribution < 1.29 is 88.2 Å². The molecule has 1 radical (unpaired) electrons. The summed E-state index contributed by atoms with van der Waals surface area (Å²) in [4.78, 5) is 34.2. The molecule has 2 heterocycles. The van der Waals surface area contributed by atoms with Crippen molar-refractivity contribution in [2.75, 3.05) is 5.01 Å². The Labute approximate surface area is 371 Å². The first kappa shape index (κ1) is 48.5. The largest absolute Gasteiger partial charge is 3.00 e. The Morgan fingerprint density at radius 2 is 1.38 bits per heavy atom. The molecule has 0 spiro atoms. The number of primary sulfonamides is 2. The van der Waals surface area contributed by atoms with Gasteiger partial charge in [0.05, 0.1) is 43.2 Å². The number of benzene rings is 3. The number of nitro groups is 1. The van der Waals surface area contributed by atoms with Crippen LogP contribution in [0.15, 0.2) is 126 Å². The summed E-state index contributed by atoms with van der Waals surface area (Å²) in [7, 11) is -7.77. The van der Waals surface area contributed by atoms with Crippen molar-refractivity contribution in [3.8, 4) is 17.3 Å². The topological polar surface area (TPSA) is 376 Å². The van der Waals surface area contributed by atoms with Crippen molar-refractivity contribution in [1.82, 2.24) is 15.0 Å². The van der Waals surface area contributed by atoms with Gasteiger partial charge in [0.1, 0.15) is 11.4 Å². The molecule has 2 aliphatic rings. The third-order valence-electron chi connectivity index (χ3n) is 7.62. The van der Waals surface area contributed by atoms with Crippen LogP contribution in [0.4, 0.5) is 22.7 Å². The number of hydrogen-bond acceptors (Lipinski definition) is 19. The van der Waals surface area contributed by atoms with E-state index < -0.39 is 53.5 Å². The Hall–Kier alpha value is -5.84. The smallest absolute Gasteiger partial charge is 0.871 e. The molecule has 24 nitrogen and oxygen atoms in total. The molecule has 0 saturated heterocycles. The first-order valence-corrected chi connectivity index (χ1v) is 18.8. The van der Waals surface area contributed by atoms with Gasteiger partial charge >= 0.3 is 52.5 Å². The fourth-order valence-corrected chi connectivity index (χ4v) is 5.76. The molecule has 1 amide bonds. The zero-order chi connectivity index (χ0) is 42.7. The molecular formula is C32H24FeN12NaO12S2. The van der Waals surface area contributed by atoms with E-state index in [4.69, 9.17) is 10.3 Å². The van der Waals surface area contributed by atoms with E-state index in [-0.39, 0.29) is 113 Å². The Bertz CT molecular complexity index is 2770. The third-order valence-corrected chi connectivity index (χ3v) is 9.48. The van der Waals surface area contributed by atoms with Crippen LogP contribution in [0.3, 0.4) is 0 Å². The number of nitrogens with two attached hydrogens (primary N) is 2. The summed E-state index contributed by atoms with van der Waals surface area (Å²) in [5, 5.41) is 90.0. The molecular weight excluding hydrogens is 887 g/mol. The van der Waals surface area contributed by atoms with Crippen molar-refractivity contribution in [3.63, 3.8) is 0 Å². The zero-order valence-corrected chi connectivity index (χ0v) is 35.5. The number of nitro benzene ring substituents is 1. The van der Waals surface area contributed by atoms with Crippen LogP contribution in [0, 0.1) is 27.5 Å². The van der Waals surface area contributed by atoms with Gasteiger partial charge < -0.3 is 25.9 Å². The molecule has 6 rings (SSSR count). The van der Waals surface area contributed by atoms with Crippen LogP contribution in [-0.2, 0) is 46.7 Å². The van der Waals surface area contributed by atoms with Crippen molar-refractivity contribution in [2.45, 2.75) is 23.6 Å². The molecule has 1 aliphatic carbocycles. The standard InChI is InChI=1S/C16H14N6O6S.C16H12N6O6S.Fe.Na/c2*1-9-15(19-18-13-8-11(22(25)26)4-7-14(13)23)16(24)21(20-9)10-2-5-12(6-3-10)29(17,27)28;;/h2-8,23-24H,1H3,(H2,17,27,28);2-8H,1H3,(H2,17,27,28);;/q;-2;+3;+1/p-2. The SMILES string of the molecule is CC1=NN(c2ccc(S(N)(=O)=O)cc2)C(=O)C1=NN=C1C=C(N([O-])[O-])C=CC1=O.Cc1nn(-c2ccc(S(N)(=O)=O)cc2)c([O-])c1N=Nc1cc([N+](=O)[O-])ccc1[O-].[Fe+3].[Na+]. The van der Waals surface area contributed by atoms with Crippen LogP contribution in [0.2, 0.25) is 0 Å². The molecule has 4 aromatic rings.